The molecule has 0 radical (unpaired) electrons. The van der Waals surface area contributed by atoms with Crippen molar-refractivity contribution in [1.82, 2.24) is 34.0 Å². The Morgan fingerprint density at radius 3 is 2.41 bits per heavy atom. The fraction of sp³-hybridized carbons (Fsp3) is 0.387. The van der Waals surface area contributed by atoms with E-state index in [1.165, 1.54) is 15.8 Å². The van der Waals surface area contributed by atoms with E-state index in [1.54, 1.807) is 18.7 Å². The first-order valence-electron chi connectivity index (χ1n) is 15.9. The number of carbonyl (C=O) groups excluding carboxylic acids is 2. The summed E-state index contributed by atoms with van der Waals surface area (Å²) >= 11 is 0. The van der Waals surface area contributed by atoms with Gasteiger partial charge in [-0.3, -0.25) is 14.4 Å². The van der Waals surface area contributed by atoms with E-state index in [4.69, 9.17) is 4.74 Å². The molecule has 14 nitrogen and oxygen atoms in total. The summed E-state index contributed by atoms with van der Waals surface area (Å²) in [5.41, 5.74) is 0.663. The second-order valence-corrected chi connectivity index (χ2v) is 14.5. The Labute approximate surface area is 287 Å². The minimum Gasteiger partial charge on any atom is -0.504 e. The summed E-state index contributed by atoms with van der Waals surface area (Å²) in [7, 11) is -9.91. The van der Waals surface area contributed by atoms with Gasteiger partial charge in [0.1, 0.15) is 23.5 Å². The van der Waals surface area contributed by atoms with E-state index in [0.717, 1.165) is 23.1 Å². The van der Waals surface area contributed by atoms with Gasteiger partial charge in [-0.25, -0.2) is 9.97 Å². The predicted octanol–water partition coefficient (Wildman–Crippen LogP) is 4.71. The molecule has 2 aliphatic rings. The van der Waals surface area contributed by atoms with Gasteiger partial charge in [-0.15, -0.1) is 5.10 Å². The van der Waals surface area contributed by atoms with Crippen LogP contribution >= 0.6 is 10.2 Å². The van der Waals surface area contributed by atoms with Gasteiger partial charge in [-0.1, -0.05) is 32.4 Å². The molecule has 6 rings (SSSR count). The molecule has 2 N–H and O–H groups in total. The normalized spacial score (nSPS) is 17.0. The highest BCUT2D eigenvalue weighted by Gasteiger charge is 2.65. The first-order valence-corrected chi connectivity index (χ1v) is 17.9. The number of hydrogen-bond donors (Lipinski definition) is 2. The third kappa shape index (κ3) is 7.36. The number of rotatable bonds is 8. The maximum Gasteiger partial charge on any atom is 0.310 e. The van der Waals surface area contributed by atoms with E-state index >= 15 is 0 Å². The van der Waals surface area contributed by atoms with Crippen LogP contribution in [0.5, 0.6) is 5.75 Å². The smallest absolute Gasteiger partial charge is 0.310 e. The summed E-state index contributed by atoms with van der Waals surface area (Å²) in [5, 5.41) is 17.3. The van der Waals surface area contributed by atoms with Gasteiger partial charge < -0.3 is 29.5 Å². The highest BCUT2D eigenvalue weighted by Crippen LogP contribution is 3.02. The number of nitrogens with zero attached hydrogens (tertiary/aromatic N) is 8. The Morgan fingerprint density at radius 2 is 1.75 bits per heavy atom. The zero-order valence-electron chi connectivity index (χ0n) is 27.5. The van der Waals surface area contributed by atoms with Gasteiger partial charge in [0, 0.05) is 44.0 Å². The number of carbonyl (C=O) groups is 2. The fourth-order valence-corrected chi connectivity index (χ4v) is 6.62. The van der Waals surface area contributed by atoms with Crippen molar-refractivity contribution in [1.29, 1.82) is 0 Å². The van der Waals surface area contributed by atoms with Crippen molar-refractivity contribution in [3.05, 3.63) is 69.9 Å². The molecule has 0 atom stereocenters. The van der Waals surface area contributed by atoms with Gasteiger partial charge in [-0.2, -0.15) is 9.50 Å². The Hall–Kier alpha value is -5.11. The van der Waals surface area contributed by atoms with Crippen LogP contribution in [-0.2, 0) is 22.5 Å². The van der Waals surface area contributed by atoms with Gasteiger partial charge in [-0.05, 0) is 50.5 Å². The van der Waals surface area contributed by atoms with Gasteiger partial charge in [0.2, 0.25) is 11.7 Å². The number of aryl methyl sites for hydroxylation is 1. The van der Waals surface area contributed by atoms with Crippen molar-refractivity contribution in [2.24, 2.45) is 0 Å². The molecule has 3 aromatic heterocycles. The number of allylic oxidation sites excluding steroid dienone is 1. The molecule has 0 bridgehead atoms. The van der Waals surface area contributed by atoms with E-state index in [9.17, 15) is 38.9 Å². The van der Waals surface area contributed by atoms with Crippen molar-refractivity contribution in [2.75, 3.05) is 49.6 Å². The van der Waals surface area contributed by atoms with E-state index < -0.39 is 39.0 Å². The molecule has 1 fully saturated rings. The molecular weight excluding hydrogens is 705 g/mol. The highest BCUT2D eigenvalue weighted by atomic mass is 32.5. The minimum atomic E-state index is -9.91. The summed E-state index contributed by atoms with van der Waals surface area (Å²) in [6.07, 6.45) is 4.80. The second kappa shape index (κ2) is 12.6. The van der Waals surface area contributed by atoms with Gasteiger partial charge in [0.15, 0.2) is 17.3 Å². The van der Waals surface area contributed by atoms with Crippen molar-refractivity contribution < 1.29 is 38.9 Å². The average Bonchev–Trinajstić information content (AvgIpc) is 3.34. The molecule has 2 amide bonds. The molecule has 0 spiro atoms. The minimum absolute atomic E-state index is 0.0237. The summed E-state index contributed by atoms with van der Waals surface area (Å²) in [4.78, 5) is 54.3. The van der Waals surface area contributed by atoms with E-state index in [-0.39, 0.29) is 91.5 Å². The second-order valence-electron chi connectivity index (χ2n) is 12.1. The summed E-state index contributed by atoms with van der Waals surface area (Å²) in [6.45, 7) is 4.26. The monoisotopic (exact) mass is 739 g/mol. The van der Waals surface area contributed by atoms with E-state index in [0.29, 0.717) is 24.3 Å². The van der Waals surface area contributed by atoms with Crippen molar-refractivity contribution in [3.8, 4) is 5.75 Å². The molecule has 4 aromatic rings. The fourth-order valence-electron chi connectivity index (χ4n) is 5.97. The lowest BCUT2D eigenvalue weighted by atomic mass is 10.2. The molecule has 1 saturated heterocycles. The Balaban J connectivity index is 1.34. The van der Waals surface area contributed by atoms with Gasteiger partial charge >= 0.3 is 10.2 Å². The number of fused-ring (bicyclic) bond motifs is 1. The highest BCUT2D eigenvalue weighted by molar-refractivity contribution is 8.45. The van der Waals surface area contributed by atoms with Crippen LogP contribution in [0.25, 0.3) is 11.4 Å². The molecule has 0 unspecified atom stereocenters. The Morgan fingerprint density at radius 1 is 1.04 bits per heavy atom. The van der Waals surface area contributed by atoms with Crippen molar-refractivity contribution in [3.63, 3.8) is 0 Å². The van der Waals surface area contributed by atoms with E-state index in [2.05, 4.69) is 25.4 Å². The molecule has 2 aliphatic heterocycles. The van der Waals surface area contributed by atoms with Crippen LogP contribution in [0.15, 0.2) is 46.4 Å². The van der Waals surface area contributed by atoms with Crippen LogP contribution in [0.2, 0.25) is 0 Å². The molecular formula is C31H34F5N9O5S. The van der Waals surface area contributed by atoms with Crippen LogP contribution < -0.4 is 15.8 Å². The van der Waals surface area contributed by atoms with Crippen molar-refractivity contribution in [2.45, 2.75) is 44.6 Å². The number of ether oxygens (including phenoxy) is 1. The summed E-state index contributed by atoms with van der Waals surface area (Å²) in [6, 6.07) is 1.87. The lowest BCUT2D eigenvalue weighted by molar-refractivity contribution is -0.116. The number of aromatic nitrogens is 6. The number of benzene rings is 1. The van der Waals surface area contributed by atoms with Crippen LogP contribution in [0.3, 0.4) is 0 Å². The molecule has 1 aromatic carbocycles. The quantitative estimate of drug-likeness (QED) is 0.243. The number of halogens is 5. The number of anilines is 2. The number of nitrogens with one attached hydrogen (secondary N) is 1. The maximum absolute atomic E-state index is 14.2. The Kier molecular flexibility index (Phi) is 8.81. The molecule has 5 heterocycles. The standard InChI is InChI=1S/C31H34F5N9O5S/c1-3-23-26(42-11-13-43(14-12-42)29(48)25-27(47)19(2)37-18-38-25)30(49)45-31(40-28(41-45)20-6-4-5-15-50-17-20)44(23)16-24(46)39-21-7-9-22(10-8-21)51(32,33,34,35)36/h6-10,18,47H,3-5,11-17H2,1-2H3,(H,39,46). The molecule has 20 heteroatoms. The summed E-state index contributed by atoms with van der Waals surface area (Å²) in [5.74, 6) is -1.33. The van der Waals surface area contributed by atoms with Crippen LogP contribution in [0.4, 0.5) is 30.8 Å². The van der Waals surface area contributed by atoms with Crippen LogP contribution in [0, 0.1) is 6.92 Å². The molecule has 274 valence electrons. The van der Waals surface area contributed by atoms with Crippen LogP contribution in [-0.4, -0.2) is 90.3 Å². The van der Waals surface area contributed by atoms with E-state index in [1.807, 2.05) is 6.08 Å². The number of aromatic hydroxyl groups is 1. The van der Waals surface area contributed by atoms with Crippen LogP contribution in [0.1, 0.15) is 47.5 Å². The predicted molar refractivity (Wildman–Crippen MR) is 178 cm³/mol. The molecule has 0 saturated carbocycles. The zero-order valence-corrected chi connectivity index (χ0v) is 28.3. The van der Waals surface area contributed by atoms with Gasteiger partial charge in [0.05, 0.1) is 18.0 Å². The molecule has 51 heavy (non-hydrogen) atoms. The lowest BCUT2D eigenvalue weighted by Crippen LogP contribution is -2.51. The number of piperazine rings is 1. The molecule has 0 aliphatic carbocycles. The largest absolute Gasteiger partial charge is 0.504 e. The average molecular weight is 740 g/mol. The van der Waals surface area contributed by atoms with Crippen molar-refractivity contribution >= 4 is 44.8 Å². The maximum atomic E-state index is 14.2. The summed E-state index contributed by atoms with van der Waals surface area (Å²) < 4.78 is 74.4. The van der Waals surface area contributed by atoms with Gasteiger partial charge in [0.25, 0.3) is 11.5 Å². The first kappa shape index (κ1) is 35.7. The SMILES string of the molecule is CCc1c(N2CCN(C(=O)c3ncnc(C)c3O)CC2)c(=O)n2nc(C3=CCCCOC3)nc2n1CC(=O)Nc1ccc(S(F)(F)(F)(F)F)cc1. The first-order chi connectivity index (χ1) is 23.9. The number of amides is 2. The third-order valence-corrected chi connectivity index (χ3v) is 9.73. The number of hydrogen-bond acceptors (Lipinski definition) is 10. The topological polar surface area (TPSA) is 160 Å². The third-order valence-electron chi connectivity index (χ3n) is 8.56. The zero-order chi connectivity index (χ0) is 36.8. The Bertz CT molecular complexity index is 2120. The lowest BCUT2D eigenvalue weighted by Gasteiger charge is -2.40.